The van der Waals surface area contributed by atoms with E-state index in [1.807, 2.05) is 0 Å². The van der Waals surface area contributed by atoms with E-state index < -0.39 is 0 Å². The van der Waals surface area contributed by atoms with Crippen LogP contribution in [0.1, 0.15) is 30.0 Å². The van der Waals surface area contributed by atoms with Gasteiger partial charge in [0.05, 0.1) is 23.6 Å². The predicted molar refractivity (Wildman–Crippen MR) is 62.9 cm³/mol. The van der Waals surface area contributed by atoms with Crippen molar-refractivity contribution in [1.82, 2.24) is 13.7 Å². The molecular weight excluding hydrogens is 240 g/mol. The van der Waals surface area contributed by atoms with Crippen LogP contribution in [0.4, 0.5) is 6.01 Å². The highest BCUT2D eigenvalue weighted by Gasteiger charge is 2.12. The third-order valence-electron chi connectivity index (χ3n) is 1.98. The number of anilines is 1. The Hall–Kier alpha value is -1.76. The monoisotopic (exact) mass is 252 g/mol. The van der Waals surface area contributed by atoms with Crippen LogP contribution in [-0.2, 0) is 6.42 Å². The number of carbonyl (C=O) groups excluding carboxylic acids is 1. The summed E-state index contributed by atoms with van der Waals surface area (Å²) in [5, 5.41) is 2.53. The van der Waals surface area contributed by atoms with Gasteiger partial charge in [0.1, 0.15) is 6.26 Å². The van der Waals surface area contributed by atoms with Gasteiger partial charge in [0.15, 0.2) is 5.69 Å². The largest absolute Gasteiger partial charge is 0.432 e. The number of nitrogens with zero attached hydrogens (tertiary/aromatic N) is 3. The van der Waals surface area contributed by atoms with Crippen molar-refractivity contribution < 1.29 is 9.21 Å². The summed E-state index contributed by atoms with van der Waals surface area (Å²) in [4.78, 5) is 15.8. The standard InChI is InChI=1S/C10H12N4O2S/c1-6(2)3-7-5-16-10(12-7)13-9(15)8-4-11-17-14-8/h4-6H,3H2,1-2H3,(H,12,13,15). The molecule has 0 aliphatic heterocycles. The lowest BCUT2D eigenvalue weighted by atomic mass is 10.1. The summed E-state index contributed by atoms with van der Waals surface area (Å²) in [7, 11) is 0. The highest BCUT2D eigenvalue weighted by Crippen LogP contribution is 2.12. The summed E-state index contributed by atoms with van der Waals surface area (Å²) in [6.07, 6.45) is 3.77. The number of aromatic nitrogens is 3. The van der Waals surface area contributed by atoms with Crippen molar-refractivity contribution in [2.24, 2.45) is 5.92 Å². The summed E-state index contributed by atoms with van der Waals surface area (Å²) >= 11 is 0.980. The molecule has 6 nitrogen and oxygen atoms in total. The number of hydrogen-bond acceptors (Lipinski definition) is 6. The van der Waals surface area contributed by atoms with Crippen LogP contribution in [0.15, 0.2) is 16.9 Å². The highest BCUT2D eigenvalue weighted by molar-refractivity contribution is 6.99. The second-order valence-corrected chi connectivity index (χ2v) is 4.55. The van der Waals surface area contributed by atoms with Gasteiger partial charge in [0, 0.05) is 0 Å². The fourth-order valence-corrected chi connectivity index (χ4v) is 1.71. The second-order valence-electron chi connectivity index (χ2n) is 3.99. The van der Waals surface area contributed by atoms with Gasteiger partial charge >= 0.3 is 6.01 Å². The summed E-state index contributed by atoms with van der Waals surface area (Å²) in [5.41, 5.74) is 1.09. The Morgan fingerprint density at radius 1 is 1.59 bits per heavy atom. The Morgan fingerprint density at radius 3 is 3.06 bits per heavy atom. The van der Waals surface area contributed by atoms with E-state index in [1.54, 1.807) is 6.26 Å². The van der Waals surface area contributed by atoms with E-state index in [9.17, 15) is 4.79 Å². The van der Waals surface area contributed by atoms with E-state index >= 15 is 0 Å². The third kappa shape index (κ3) is 3.10. The third-order valence-corrected chi connectivity index (χ3v) is 2.46. The molecule has 2 heterocycles. The van der Waals surface area contributed by atoms with Crippen molar-refractivity contribution in [3.05, 3.63) is 23.8 Å². The van der Waals surface area contributed by atoms with Crippen LogP contribution in [0.2, 0.25) is 0 Å². The van der Waals surface area contributed by atoms with Crippen LogP contribution in [0.3, 0.4) is 0 Å². The van der Waals surface area contributed by atoms with Crippen molar-refractivity contribution in [2.75, 3.05) is 5.32 Å². The van der Waals surface area contributed by atoms with Gasteiger partial charge in [-0.25, -0.2) is 0 Å². The van der Waals surface area contributed by atoms with Crippen LogP contribution < -0.4 is 5.32 Å². The molecule has 2 aromatic heterocycles. The second kappa shape index (κ2) is 5.05. The first-order chi connectivity index (χ1) is 8.15. The molecule has 0 spiro atoms. The Bertz CT molecular complexity index is 492. The zero-order chi connectivity index (χ0) is 12.3. The molecule has 0 fully saturated rings. The first kappa shape index (κ1) is 11.7. The number of carbonyl (C=O) groups is 1. The van der Waals surface area contributed by atoms with Crippen molar-refractivity contribution in [1.29, 1.82) is 0 Å². The normalized spacial score (nSPS) is 10.8. The highest BCUT2D eigenvalue weighted by atomic mass is 32.1. The average Bonchev–Trinajstić information content (AvgIpc) is 2.87. The van der Waals surface area contributed by atoms with Crippen LogP contribution >= 0.6 is 11.7 Å². The molecule has 0 bridgehead atoms. The van der Waals surface area contributed by atoms with Crippen molar-refractivity contribution in [2.45, 2.75) is 20.3 Å². The number of nitrogens with one attached hydrogen (secondary N) is 1. The van der Waals surface area contributed by atoms with E-state index in [4.69, 9.17) is 4.42 Å². The zero-order valence-electron chi connectivity index (χ0n) is 9.51. The molecule has 90 valence electrons. The van der Waals surface area contributed by atoms with Crippen molar-refractivity contribution in [3.8, 4) is 0 Å². The van der Waals surface area contributed by atoms with Crippen LogP contribution in [0.25, 0.3) is 0 Å². The van der Waals surface area contributed by atoms with E-state index in [0.717, 1.165) is 23.8 Å². The van der Waals surface area contributed by atoms with Gasteiger partial charge in [-0.05, 0) is 12.3 Å². The number of hydrogen-bond donors (Lipinski definition) is 1. The predicted octanol–water partition coefficient (Wildman–Crippen LogP) is 1.98. The molecule has 2 rings (SSSR count). The molecule has 1 amide bonds. The molecule has 7 heteroatoms. The molecule has 17 heavy (non-hydrogen) atoms. The number of rotatable bonds is 4. The maximum absolute atomic E-state index is 11.6. The molecule has 2 aromatic rings. The molecule has 0 saturated carbocycles. The van der Waals surface area contributed by atoms with Crippen molar-refractivity contribution >= 4 is 23.7 Å². The smallest absolute Gasteiger partial charge is 0.301 e. The number of oxazole rings is 1. The Kier molecular flexibility index (Phi) is 3.48. The summed E-state index contributed by atoms with van der Waals surface area (Å²) in [6.45, 7) is 4.18. The topological polar surface area (TPSA) is 80.9 Å². The fraction of sp³-hybridized carbons (Fsp3) is 0.400. The van der Waals surface area contributed by atoms with E-state index in [0.29, 0.717) is 5.92 Å². The van der Waals surface area contributed by atoms with E-state index in [1.165, 1.54) is 6.20 Å². The SMILES string of the molecule is CC(C)Cc1coc(NC(=O)c2cnsn2)n1. The van der Waals surface area contributed by atoms with Gasteiger partial charge in [-0.1, -0.05) is 13.8 Å². The molecule has 0 aliphatic carbocycles. The lowest BCUT2D eigenvalue weighted by Crippen LogP contribution is -2.12. The maximum Gasteiger partial charge on any atom is 0.301 e. The minimum Gasteiger partial charge on any atom is -0.432 e. The molecule has 0 radical (unpaired) electrons. The minimum atomic E-state index is -0.364. The van der Waals surface area contributed by atoms with E-state index in [-0.39, 0.29) is 17.6 Å². The van der Waals surface area contributed by atoms with Gasteiger partial charge in [-0.15, -0.1) is 0 Å². The van der Waals surface area contributed by atoms with E-state index in [2.05, 4.69) is 32.9 Å². The van der Waals surface area contributed by atoms with Crippen LogP contribution in [0, 0.1) is 5.92 Å². The molecule has 0 unspecified atom stereocenters. The van der Waals surface area contributed by atoms with Gasteiger partial charge in [-0.2, -0.15) is 13.7 Å². The summed E-state index contributed by atoms with van der Waals surface area (Å²) in [5.74, 6) is 0.128. The molecular formula is C10H12N4O2S. The average molecular weight is 252 g/mol. The van der Waals surface area contributed by atoms with Gasteiger partial charge < -0.3 is 4.42 Å². The molecule has 0 atom stereocenters. The van der Waals surface area contributed by atoms with Crippen LogP contribution in [0.5, 0.6) is 0 Å². The fourth-order valence-electron chi connectivity index (χ4n) is 1.30. The Labute approximate surface area is 102 Å². The van der Waals surface area contributed by atoms with Gasteiger partial charge in [0.25, 0.3) is 5.91 Å². The lowest BCUT2D eigenvalue weighted by molar-refractivity contribution is 0.102. The summed E-state index contributed by atoms with van der Waals surface area (Å²) < 4.78 is 12.7. The first-order valence-electron chi connectivity index (χ1n) is 5.18. The molecule has 0 aliphatic rings. The summed E-state index contributed by atoms with van der Waals surface area (Å²) in [6, 6.07) is 0.193. The minimum absolute atomic E-state index is 0.193. The van der Waals surface area contributed by atoms with Gasteiger partial charge in [-0.3, -0.25) is 10.1 Å². The quantitative estimate of drug-likeness (QED) is 0.899. The first-order valence-corrected chi connectivity index (χ1v) is 5.91. The lowest BCUT2D eigenvalue weighted by Gasteiger charge is -1.98. The molecule has 1 N–H and O–H groups in total. The number of amides is 1. The van der Waals surface area contributed by atoms with Crippen molar-refractivity contribution in [3.63, 3.8) is 0 Å². The zero-order valence-corrected chi connectivity index (χ0v) is 10.3. The molecule has 0 saturated heterocycles. The van der Waals surface area contributed by atoms with Gasteiger partial charge in [0.2, 0.25) is 0 Å². The molecule has 0 aromatic carbocycles. The van der Waals surface area contributed by atoms with Crippen LogP contribution in [-0.4, -0.2) is 19.6 Å². The Morgan fingerprint density at radius 2 is 2.41 bits per heavy atom. The maximum atomic E-state index is 11.6. The Balaban J connectivity index is 1.99.